The number of nitrogens with zero attached hydrogens (tertiary/aromatic N) is 1. The smallest absolute Gasteiger partial charge is 0.339 e. The summed E-state index contributed by atoms with van der Waals surface area (Å²) in [5.74, 6) is -0.908. The molecule has 5 heteroatoms. The van der Waals surface area contributed by atoms with Gasteiger partial charge >= 0.3 is 11.9 Å². The molecule has 0 saturated carbocycles. The maximum absolute atomic E-state index is 12.3. The van der Waals surface area contributed by atoms with Gasteiger partial charge in [0.15, 0.2) is 0 Å². The van der Waals surface area contributed by atoms with Gasteiger partial charge in [-0.15, -0.1) is 0 Å². The highest BCUT2D eigenvalue weighted by molar-refractivity contribution is 5.96. The summed E-state index contributed by atoms with van der Waals surface area (Å²) < 4.78 is 11.7. The monoisotopic (exact) mass is 349 g/mol. The lowest BCUT2D eigenvalue weighted by Crippen LogP contribution is -2.10. The first-order chi connectivity index (χ1) is 12.7. The number of carbonyl (C=O) groups is 2. The molecule has 3 rings (SSSR count). The van der Waals surface area contributed by atoms with E-state index in [9.17, 15) is 9.59 Å². The number of esters is 2. The first-order valence-electron chi connectivity index (χ1n) is 8.16. The summed E-state index contributed by atoms with van der Waals surface area (Å²) in [5, 5.41) is 0. The van der Waals surface area contributed by atoms with Crippen LogP contribution in [0.1, 0.15) is 15.9 Å². The fraction of sp³-hybridized carbons (Fsp3) is 0.143. The van der Waals surface area contributed by atoms with Crippen LogP contribution in [0.5, 0.6) is 0 Å². The second kappa shape index (κ2) is 7.70. The lowest BCUT2D eigenvalue weighted by Gasteiger charge is -2.12. The van der Waals surface area contributed by atoms with Gasteiger partial charge in [-0.25, -0.2) is 4.79 Å². The van der Waals surface area contributed by atoms with E-state index in [1.54, 1.807) is 6.20 Å². The summed E-state index contributed by atoms with van der Waals surface area (Å²) in [6.45, 7) is 0. The summed E-state index contributed by atoms with van der Waals surface area (Å²) in [6.07, 6.45) is 1.69. The maximum atomic E-state index is 12.3. The Morgan fingerprint density at radius 1 is 0.885 bits per heavy atom. The van der Waals surface area contributed by atoms with E-state index in [0.29, 0.717) is 11.1 Å². The molecule has 0 bridgehead atoms. The molecule has 0 aliphatic carbocycles. The molecule has 0 aliphatic rings. The van der Waals surface area contributed by atoms with Gasteiger partial charge in [-0.05, 0) is 17.7 Å². The molecule has 0 aliphatic heterocycles. The molecule has 2 aromatic carbocycles. The standard InChI is InChI=1S/C21H19NO4/c1-25-19(23)13-17-18(21(24)26-2)14-22(16-11-7-4-8-12-16)20(17)15-9-5-3-6-10-15/h3-12,14H,13H2,1-2H3. The van der Waals surface area contributed by atoms with E-state index in [-0.39, 0.29) is 6.42 Å². The van der Waals surface area contributed by atoms with Crippen molar-refractivity contribution in [2.24, 2.45) is 0 Å². The minimum atomic E-state index is -0.490. The van der Waals surface area contributed by atoms with Gasteiger partial charge in [0.05, 0.1) is 31.9 Å². The van der Waals surface area contributed by atoms with Crippen molar-refractivity contribution in [3.8, 4) is 16.9 Å². The zero-order valence-electron chi connectivity index (χ0n) is 14.6. The Morgan fingerprint density at radius 2 is 1.50 bits per heavy atom. The van der Waals surface area contributed by atoms with E-state index in [2.05, 4.69) is 0 Å². The molecule has 0 saturated heterocycles. The van der Waals surface area contributed by atoms with Crippen LogP contribution in [0, 0.1) is 0 Å². The molecule has 0 unspecified atom stereocenters. The van der Waals surface area contributed by atoms with Crippen molar-refractivity contribution in [2.45, 2.75) is 6.42 Å². The Bertz CT molecular complexity index is 914. The molecule has 1 aromatic heterocycles. The van der Waals surface area contributed by atoms with Crippen molar-refractivity contribution < 1.29 is 19.1 Å². The van der Waals surface area contributed by atoms with Crippen LogP contribution in [0.4, 0.5) is 0 Å². The van der Waals surface area contributed by atoms with E-state index in [4.69, 9.17) is 9.47 Å². The summed E-state index contributed by atoms with van der Waals surface area (Å²) in [5.41, 5.74) is 3.47. The Balaban J connectivity index is 2.30. The third-order valence-corrected chi connectivity index (χ3v) is 4.15. The Labute approximate surface area is 151 Å². The first-order valence-corrected chi connectivity index (χ1v) is 8.16. The van der Waals surface area contributed by atoms with Crippen molar-refractivity contribution in [3.63, 3.8) is 0 Å². The predicted molar refractivity (Wildman–Crippen MR) is 98.3 cm³/mol. The van der Waals surface area contributed by atoms with Crippen molar-refractivity contribution in [1.29, 1.82) is 0 Å². The molecule has 0 atom stereocenters. The van der Waals surface area contributed by atoms with Gasteiger partial charge in [0.1, 0.15) is 0 Å². The van der Waals surface area contributed by atoms with Gasteiger partial charge in [-0.3, -0.25) is 4.79 Å². The first kappa shape index (κ1) is 17.5. The topological polar surface area (TPSA) is 57.5 Å². The zero-order chi connectivity index (χ0) is 18.5. The Kier molecular flexibility index (Phi) is 5.17. The molecule has 26 heavy (non-hydrogen) atoms. The average Bonchev–Trinajstić information content (AvgIpc) is 3.07. The second-order valence-electron chi connectivity index (χ2n) is 5.69. The van der Waals surface area contributed by atoms with E-state index in [1.807, 2.05) is 65.2 Å². The van der Waals surface area contributed by atoms with Crippen LogP contribution in [-0.4, -0.2) is 30.7 Å². The van der Waals surface area contributed by atoms with Gasteiger partial charge in [-0.2, -0.15) is 0 Å². The highest BCUT2D eigenvalue weighted by Crippen LogP contribution is 2.32. The van der Waals surface area contributed by atoms with Crippen LogP contribution in [0.15, 0.2) is 66.9 Å². The summed E-state index contributed by atoms with van der Waals surface area (Å²) >= 11 is 0. The van der Waals surface area contributed by atoms with Crippen LogP contribution in [-0.2, 0) is 20.7 Å². The number of methoxy groups -OCH3 is 2. The van der Waals surface area contributed by atoms with E-state index in [1.165, 1.54) is 14.2 Å². The normalized spacial score (nSPS) is 10.4. The minimum absolute atomic E-state index is 0.0228. The quantitative estimate of drug-likeness (QED) is 0.660. The van der Waals surface area contributed by atoms with E-state index < -0.39 is 11.9 Å². The Morgan fingerprint density at radius 3 is 2.08 bits per heavy atom. The number of ether oxygens (including phenoxy) is 2. The van der Waals surface area contributed by atoms with Gasteiger partial charge in [0.2, 0.25) is 0 Å². The van der Waals surface area contributed by atoms with E-state index in [0.717, 1.165) is 16.9 Å². The number of benzene rings is 2. The fourth-order valence-corrected chi connectivity index (χ4v) is 2.93. The summed E-state index contributed by atoms with van der Waals surface area (Å²) in [7, 11) is 2.66. The summed E-state index contributed by atoms with van der Waals surface area (Å²) in [4.78, 5) is 24.3. The average molecular weight is 349 g/mol. The third kappa shape index (κ3) is 3.37. The molecule has 132 valence electrons. The number of hydrogen-bond acceptors (Lipinski definition) is 4. The number of carbonyl (C=O) groups excluding carboxylic acids is 2. The van der Waals surface area contributed by atoms with Gasteiger partial charge in [0, 0.05) is 17.4 Å². The van der Waals surface area contributed by atoms with Gasteiger partial charge in [0.25, 0.3) is 0 Å². The highest BCUT2D eigenvalue weighted by Gasteiger charge is 2.25. The highest BCUT2D eigenvalue weighted by atomic mass is 16.5. The molecule has 0 radical (unpaired) electrons. The molecule has 0 spiro atoms. The Hall–Kier alpha value is -3.34. The lowest BCUT2D eigenvalue weighted by molar-refractivity contribution is -0.139. The van der Waals surface area contributed by atoms with Crippen molar-refractivity contribution in [3.05, 3.63) is 78.0 Å². The minimum Gasteiger partial charge on any atom is -0.469 e. The summed E-state index contributed by atoms with van der Waals surface area (Å²) in [6, 6.07) is 19.3. The van der Waals surface area contributed by atoms with E-state index >= 15 is 0 Å². The molecule has 0 fully saturated rings. The fourth-order valence-electron chi connectivity index (χ4n) is 2.93. The maximum Gasteiger partial charge on any atom is 0.339 e. The van der Waals surface area contributed by atoms with Crippen molar-refractivity contribution in [1.82, 2.24) is 4.57 Å². The number of para-hydroxylation sites is 1. The predicted octanol–water partition coefficient (Wildman–Crippen LogP) is 3.65. The molecule has 1 heterocycles. The number of hydrogen-bond donors (Lipinski definition) is 0. The molecule has 0 N–H and O–H groups in total. The molecule has 5 nitrogen and oxygen atoms in total. The van der Waals surface area contributed by atoms with Gasteiger partial charge in [-0.1, -0.05) is 48.5 Å². The number of rotatable bonds is 5. The van der Waals surface area contributed by atoms with Crippen molar-refractivity contribution in [2.75, 3.05) is 14.2 Å². The lowest BCUT2D eigenvalue weighted by atomic mass is 10.0. The van der Waals surface area contributed by atoms with Crippen LogP contribution < -0.4 is 0 Å². The van der Waals surface area contributed by atoms with Crippen LogP contribution in [0.25, 0.3) is 16.9 Å². The van der Waals surface area contributed by atoms with Crippen LogP contribution in [0.3, 0.4) is 0 Å². The molecule has 3 aromatic rings. The van der Waals surface area contributed by atoms with Gasteiger partial charge < -0.3 is 14.0 Å². The molecular weight excluding hydrogens is 330 g/mol. The second-order valence-corrected chi connectivity index (χ2v) is 5.69. The molecular formula is C21H19NO4. The van der Waals surface area contributed by atoms with Crippen LogP contribution >= 0.6 is 0 Å². The van der Waals surface area contributed by atoms with Crippen molar-refractivity contribution >= 4 is 11.9 Å². The molecule has 0 amide bonds. The third-order valence-electron chi connectivity index (χ3n) is 4.15. The zero-order valence-corrected chi connectivity index (χ0v) is 14.6. The SMILES string of the molecule is COC(=O)Cc1c(C(=O)OC)cn(-c2ccccc2)c1-c1ccccc1. The van der Waals surface area contributed by atoms with Crippen LogP contribution in [0.2, 0.25) is 0 Å². The largest absolute Gasteiger partial charge is 0.469 e. The number of aromatic nitrogens is 1.